The first-order valence-electron chi connectivity index (χ1n) is 8.75. The third-order valence-electron chi connectivity index (χ3n) is 4.33. The van der Waals surface area contributed by atoms with Gasteiger partial charge < -0.3 is 9.47 Å². The van der Waals surface area contributed by atoms with Gasteiger partial charge in [0.1, 0.15) is 5.75 Å². The molecule has 1 saturated heterocycles. The van der Waals surface area contributed by atoms with Crippen molar-refractivity contribution in [2.24, 2.45) is 0 Å². The van der Waals surface area contributed by atoms with Crippen LogP contribution >= 0.6 is 11.3 Å². The number of carbonyl (C=O) groups excluding carboxylic acids is 1. The first-order valence-corrected chi connectivity index (χ1v) is 9.56. The highest BCUT2D eigenvalue weighted by atomic mass is 32.1. The molecule has 1 fully saturated rings. The Labute approximate surface area is 156 Å². The molecule has 26 heavy (non-hydrogen) atoms. The summed E-state index contributed by atoms with van der Waals surface area (Å²) in [5, 5.41) is 0.698. The van der Waals surface area contributed by atoms with Gasteiger partial charge in [-0.25, -0.2) is 4.98 Å². The molecule has 5 nitrogen and oxygen atoms in total. The summed E-state index contributed by atoms with van der Waals surface area (Å²) in [5.74, 6) is 0.575. The van der Waals surface area contributed by atoms with Crippen LogP contribution in [0, 0.1) is 0 Å². The summed E-state index contributed by atoms with van der Waals surface area (Å²) in [6.45, 7) is 1.25. The first-order chi connectivity index (χ1) is 12.8. The van der Waals surface area contributed by atoms with E-state index < -0.39 is 0 Å². The average Bonchev–Trinajstić information content (AvgIpc) is 3.34. The number of benzene rings is 2. The monoisotopic (exact) mass is 368 g/mol. The van der Waals surface area contributed by atoms with Gasteiger partial charge in [0.15, 0.2) is 11.7 Å². The number of nitrogens with zero attached hydrogens (tertiary/aromatic N) is 2. The zero-order chi connectivity index (χ0) is 17.8. The zero-order valence-electron chi connectivity index (χ0n) is 14.3. The maximum atomic E-state index is 12.9. The topological polar surface area (TPSA) is 51.7 Å². The van der Waals surface area contributed by atoms with Crippen molar-refractivity contribution < 1.29 is 14.3 Å². The van der Waals surface area contributed by atoms with Crippen molar-refractivity contribution in [2.45, 2.75) is 18.9 Å². The number of thiazole rings is 1. The predicted molar refractivity (Wildman–Crippen MR) is 103 cm³/mol. The first kappa shape index (κ1) is 17.0. The van der Waals surface area contributed by atoms with E-state index >= 15 is 0 Å². The summed E-state index contributed by atoms with van der Waals surface area (Å²) in [7, 11) is 0. The minimum atomic E-state index is -0.108. The van der Waals surface area contributed by atoms with Crippen molar-refractivity contribution in [3.63, 3.8) is 0 Å². The Morgan fingerprint density at radius 1 is 1.19 bits per heavy atom. The van der Waals surface area contributed by atoms with E-state index in [0.717, 1.165) is 29.7 Å². The molecule has 0 radical (unpaired) electrons. The summed E-state index contributed by atoms with van der Waals surface area (Å²) in [5.41, 5.74) is 0.904. The molecular weight excluding hydrogens is 348 g/mol. The van der Waals surface area contributed by atoms with Gasteiger partial charge in [-0.3, -0.25) is 9.69 Å². The van der Waals surface area contributed by atoms with Gasteiger partial charge in [0.25, 0.3) is 5.91 Å². The van der Waals surface area contributed by atoms with Crippen LogP contribution in [0.4, 0.5) is 5.13 Å². The van der Waals surface area contributed by atoms with Gasteiger partial charge in [-0.1, -0.05) is 41.7 Å². The van der Waals surface area contributed by atoms with Crippen LogP contribution in [0.15, 0.2) is 54.6 Å². The van der Waals surface area contributed by atoms with E-state index in [9.17, 15) is 4.79 Å². The second-order valence-corrected chi connectivity index (χ2v) is 7.21. The summed E-state index contributed by atoms with van der Waals surface area (Å²) >= 11 is 1.52. The van der Waals surface area contributed by atoms with Crippen molar-refractivity contribution in [1.29, 1.82) is 0 Å². The van der Waals surface area contributed by atoms with Crippen LogP contribution in [0.5, 0.6) is 5.75 Å². The third kappa shape index (κ3) is 3.86. The van der Waals surface area contributed by atoms with E-state index in [1.807, 2.05) is 54.6 Å². The number of hydrogen-bond donors (Lipinski definition) is 0. The lowest BCUT2D eigenvalue weighted by Crippen LogP contribution is -2.40. The molecule has 1 aromatic heterocycles. The van der Waals surface area contributed by atoms with Crippen LogP contribution in [0.25, 0.3) is 10.2 Å². The molecule has 3 aromatic rings. The van der Waals surface area contributed by atoms with Crippen molar-refractivity contribution >= 4 is 32.6 Å². The largest absolute Gasteiger partial charge is 0.484 e. The molecule has 6 heteroatoms. The second kappa shape index (κ2) is 7.85. The Morgan fingerprint density at radius 2 is 2.00 bits per heavy atom. The minimum Gasteiger partial charge on any atom is -0.484 e. The van der Waals surface area contributed by atoms with Crippen LogP contribution < -0.4 is 9.64 Å². The summed E-state index contributed by atoms with van der Waals surface area (Å²) in [6.07, 6.45) is 2.06. The number of fused-ring (bicyclic) bond motifs is 1. The maximum absolute atomic E-state index is 12.9. The number of rotatable bonds is 6. The lowest BCUT2D eigenvalue weighted by Gasteiger charge is -2.23. The van der Waals surface area contributed by atoms with E-state index in [2.05, 4.69) is 4.98 Å². The molecular formula is C20H20N2O3S. The van der Waals surface area contributed by atoms with Crippen LogP contribution in [0.2, 0.25) is 0 Å². The Balaban J connectivity index is 1.54. The lowest BCUT2D eigenvalue weighted by atomic mass is 10.2. The Morgan fingerprint density at radius 3 is 2.77 bits per heavy atom. The standard InChI is InChI=1S/C20H20N2O3S/c23-19(14-25-15-7-2-1-3-8-15)22(13-16-9-6-12-24-16)20-21-17-10-4-5-11-18(17)26-20/h1-5,7-8,10-11,16H,6,9,12-14H2. The third-order valence-corrected chi connectivity index (χ3v) is 5.39. The van der Waals surface area contributed by atoms with Gasteiger partial charge in [-0.2, -0.15) is 0 Å². The van der Waals surface area contributed by atoms with Gasteiger partial charge in [-0.15, -0.1) is 0 Å². The number of carbonyl (C=O) groups is 1. The summed E-state index contributed by atoms with van der Waals surface area (Å²) < 4.78 is 12.5. The van der Waals surface area contributed by atoms with Crippen molar-refractivity contribution in [3.05, 3.63) is 54.6 Å². The highest BCUT2D eigenvalue weighted by Crippen LogP contribution is 2.30. The highest BCUT2D eigenvalue weighted by molar-refractivity contribution is 7.22. The Hall–Kier alpha value is -2.44. The highest BCUT2D eigenvalue weighted by Gasteiger charge is 2.26. The fraction of sp³-hybridized carbons (Fsp3) is 0.300. The van der Waals surface area contributed by atoms with Crippen molar-refractivity contribution in [2.75, 3.05) is 24.7 Å². The number of para-hydroxylation sites is 2. The molecule has 134 valence electrons. The van der Waals surface area contributed by atoms with Gasteiger partial charge in [0.2, 0.25) is 0 Å². The second-order valence-electron chi connectivity index (χ2n) is 6.21. The number of amides is 1. The van der Waals surface area contributed by atoms with Crippen molar-refractivity contribution in [1.82, 2.24) is 4.98 Å². The maximum Gasteiger partial charge on any atom is 0.266 e. The summed E-state index contributed by atoms with van der Waals surface area (Å²) in [6, 6.07) is 17.3. The molecule has 0 spiro atoms. The molecule has 0 N–H and O–H groups in total. The average molecular weight is 368 g/mol. The molecule has 1 amide bonds. The SMILES string of the molecule is O=C(COc1ccccc1)N(CC1CCCO1)c1nc2ccccc2s1. The molecule has 1 atom stereocenters. The van der Waals surface area contributed by atoms with E-state index in [1.54, 1.807) is 4.90 Å². The number of aromatic nitrogens is 1. The lowest BCUT2D eigenvalue weighted by molar-refractivity contribution is -0.120. The van der Waals surface area contributed by atoms with Crippen LogP contribution in [0.1, 0.15) is 12.8 Å². The molecule has 0 bridgehead atoms. The smallest absolute Gasteiger partial charge is 0.266 e. The van der Waals surface area contributed by atoms with Gasteiger partial charge in [-0.05, 0) is 37.1 Å². The molecule has 1 aliphatic heterocycles. The predicted octanol–water partition coefficient (Wildman–Crippen LogP) is 3.89. The zero-order valence-corrected chi connectivity index (χ0v) is 15.2. The van der Waals surface area contributed by atoms with Crippen LogP contribution in [-0.4, -0.2) is 36.8 Å². The number of hydrogen-bond acceptors (Lipinski definition) is 5. The molecule has 0 aliphatic carbocycles. The normalized spacial score (nSPS) is 16.7. The fourth-order valence-electron chi connectivity index (χ4n) is 2.99. The summed E-state index contributed by atoms with van der Waals surface area (Å²) in [4.78, 5) is 19.2. The molecule has 1 aliphatic rings. The number of ether oxygens (including phenoxy) is 2. The van der Waals surface area contributed by atoms with Gasteiger partial charge in [0, 0.05) is 6.61 Å². The molecule has 2 aromatic carbocycles. The van der Waals surface area contributed by atoms with Crippen molar-refractivity contribution in [3.8, 4) is 5.75 Å². The number of anilines is 1. The molecule has 2 heterocycles. The van der Waals surface area contributed by atoms with Gasteiger partial charge in [0.05, 0.1) is 22.9 Å². The van der Waals surface area contributed by atoms with E-state index in [0.29, 0.717) is 17.4 Å². The molecule has 1 unspecified atom stereocenters. The fourth-order valence-corrected chi connectivity index (χ4v) is 3.99. The van der Waals surface area contributed by atoms with Gasteiger partial charge >= 0.3 is 0 Å². The quantitative estimate of drug-likeness (QED) is 0.662. The Bertz CT molecular complexity index is 842. The molecule has 0 saturated carbocycles. The Kier molecular flexibility index (Phi) is 5.13. The van der Waals surface area contributed by atoms with Crippen LogP contribution in [-0.2, 0) is 9.53 Å². The van der Waals surface area contributed by atoms with Crippen LogP contribution in [0.3, 0.4) is 0 Å². The van der Waals surface area contributed by atoms with E-state index in [4.69, 9.17) is 9.47 Å². The van der Waals surface area contributed by atoms with E-state index in [1.165, 1.54) is 11.3 Å². The minimum absolute atomic E-state index is 0.0212. The molecule has 4 rings (SSSR count). The van der Waals surface area contributed by atoms with E-state index in [-0.39, 0.29) is 18.6 Å².